The van der Waals surface area contributed by atoms with E-state index in [1.54, 1.807) is 0 Å². The van der Waals surface area contributed by atoms with Crippen LogP contribution >= 0.6 is 0 Å². The van der Waals surface area contributed by atoms with E-state index in [1.807, 2.05) is 6.92 Å². The lowest BCUT2D eigenvalue weighted by Crippen LogP contribution is -2.35. The second-order valence-electron chi connectivity index (χ2n) is 6.91. The van der Waals surface area contributed by atoms with Crippen LogP contribution in [-0.2, 0) is 0 Å². The molecular formula is C20H35N. The van der Waals surface area contributed by atoms with Crippen LogP contribution in [0.4, 0.5) is 0 Å². The second-order valence-corrected chi connectivity index (χ2v) is 6.91. The van der Waals surface area contributed by atoms with Crippen LogP contribution in [0.15, 0.2) is 22.3 Å². The molecule has 0 fully saturated rings. The minimum atomic E-state index is -0.251. The molecule has 0 saturated carbocycles. The van der Waals surface area contributed by atoms with E-state index in [1.165, 1.54) is 22.3 Å². The first-order chi connectivity index (χ1) is 9.63. The van der Waals surface area contributed by atoms with Crippen molar-refractivity contribution >= 4 is 0 Å². The maximum absolute atomic E-state index is 6.43. The van der Waals surface area contributed by atoms with E-state index >= 15 is 0 Å². The second kappa shape index (κ2) is 9.11. The summed E-state index contributed by atoms with van der Waals surface area (Å²) in [5.41, 5.74) is 12.0. The zero-order valence-electron chi connectivity index (χ0n) is 15.5. The molecule has 0 aromatic carbocycles. The highest BCUT2D eigenvalue weighted by Gasteiger charge is 2.20. The smallest absolute Gasteiger partial charge is 0.0317 e. The molecule has 0 spiro atoms. The molecule has 1 unspecified atom stereocenters. The summed E-state index contributed by atoms with van der Waals surface area (Å²) in [7, 11) is 0. The van der Waals surface area contributed by atoms with E-state index in [0.717, 1.165) is 25.7 Å². The first-order valence-corrected chi connectivity index (χ1v) is 8.18. The van der Waals surface area contributed by atoms with Crippen LogP contribution < -0.4 is 5.73 Å². The van der Waals surface area contributed by atoms with Crippen LogP contribution in [0.2, 0.25) is 0 Å². The Balaban J connectivity index is 5.21. The zero-order valence-corrected chi connectivity index (χ0v) is 15.5. The molecule has 0 aromatic heterocycles. The van der Waals surface area contributed by atoms with Gasteiger partial charge in [-0.3, -0.25) is 0 Å². The fourth-order valence-electron chi connectivity index (χ4n) is 2.55. The molecular weight excluding hydrogens is 254 g/mol. The highest BCUT2D eigenvalue weighted by Crippen LogP contribution is 2.29. The molecule has 2 N–H and O–H groups in total. The minimum absolute atomic E-state index is 0.251. The van der Waals surface area contributed by atoms with E-state index in [4.69, 9.17) is 5.73 Å². The van der Waals surface area contributed by atoms with E-state index in [2.05, 4.69) is 60.3 Å². The summed E-state index contributed by atoms with van der Waals surface area (Å²) in [5, 5.41) is 0. The Morgan fingerprint density at radius 3 is 2.10 bits per heavy atom. The first-order valence-electron chi connectivity index (χ1n) is 8.18. The molecule has 0 aliphatic carbocycles. The summed E-state index contributed by atoms with van der Waals surface area (Å²) in [6.45, 7) is 17.3. The Kier molecular flexibility index (Phi) is 8.67. The van der Waals surface area contributed by atoms with Gasteiger partial charge in [0, 0.05) is 11.5 Å². The van der Waals surface area contributed by atoms with Crippen LogP contribution in [0.25, 0.3) is 0 Å². The summed E-state index contributed by atoms with van der Waals surface area (Å²) in [6.07, 6.45) is 4.32. The molecule has 1 nitrogen and oxygen atoms in total. The standard InChI is InChI=1S/C20H35N/c1-9-11-15(3)12-13-17(5)19(20(7,8)21)14-18(6)16(4)10-2/h15H,10,12-14,21H2,1-8H3/b18-16-,19-17+. The summed E-state index contributed by atoms with van der Waals surface area (Å²) >= 11 is 0. The molecule has 120 valence electrons. The van der Waals surface area contributed by atoms with Crippen molar-refractivity contribution in [2.45, 2.75) is 86.6 Å². The maximum atomic E-state index is 6.43. The molecule has 0 aliphatic rings. The first kappa shape index (κ1) is 20.0. The van der Waals surface area contributed by atoms with Gasteiger partial charge in [0.2, 0.25) is 0 Å². The molecule has 0 aromatic rings. The third-order valence-corrected chi connectivity index (χ3v) is 4.34. The van der Waals surface area contributed by atoms with Gasteiger partial charge in [0.05, 0.1) is 0 Å². The van der Waals surface area contributed by atoms with Gasteiger partial charge < -0.3 is 5.73 Å². The molecule has 0 bridgehead atoms. The maximum Gasteiger partial charge on any atom is 0.0317 e. The van der Waals surface area contributed by atoms with Gasteiger partial charge in [0.15, 0.2) is 0 Å². The van der Waals surface area contributed by atoms with Crippen LogP contribution in [0.3, 0.4) is 0 Å². The Morgan fingerprint density at radius 2 is 1.67 bits per heavy atom. The highest BCUT2D eigenvalue weighted by atomic mass is 14.7. The van der Waals surface area contributed by atoms with Gasteiger partial charge in [-0.05, 0) is 72.8 Å². The fraction of sp³-hybridized carbons (Fsp3) is 0.700. The Morgan fingerprint density at radius 1 is 1.10 bits per heavy atom. The minimum Gasteiger partial charge on any atom is -0.322 e. The summed E-state index contributed by atoms with van der Waals surface area (Å²) in [5.74, 6) is 6.70. The highest BCUT2D eigenvalue weighted by molar-refractivity contribution is 5.29. The molecule has 0 rings (SSSR count). The Bertz CT molecular complexity index is 446. The van der Waals surface area contributed by atoms with Crippen molar-refractivity contribution in [3.63, 3.8) is 0 Å². The third-order valence-electron chi connectivity index (χ3n) is 4.34. The lowest BCUT2D eigenvalue weighted by atomic mass is 9.83. The SMILES string of the molecule is CC#CC(C)CC/C(C)=C(\C/C(C)=C(/C)CC)C(C)(C)N. The van der Waals surface area contributed by atoms with Crippen molar-refractivity contribution in [3.8, 4) is 11.8 Å². The number of rotatable bonds is 7. The number of allylic oxidation sites excluding steroid dienone is 3. The topological polar surface area (TPSA) is 26.0 Å². The Labute approximate surface area is 133 Å². The molecule has 0 saturated heterocycles. The van der Waals surface area contributed by atoms with Crippen molar-refractivity contribution in [1.82, 2.24) is 0 Å². The van der Waals surface area contributed by atoms with Crippen LogP contribution in [-0.4, -0.2) is 5.54 Å². The van der Waals surface area contributed by atoms with Gasteiger partial charge in [0.1, 0.15) is 0 Å². The van der Waals surface area contributed by atoms with E-state index in [0.29, 0.717) is 5.92 Å². The molecule has 0 amide bonds. The van der Waals surface area contributed by atoms with Crippen LogP contribution in [0.5, 0.6) is 0 Å². The van der Waals surface area contributed by atoms with Gasteiger partial charge in [-0.25, -0.2) is 0 Å². The zero-order chi connectivity index (χ0) is 16.6. The molecule has 1 atom stereocenters. The molecule has 21 heavy (non-hydrogen) atoms. The van der Waals surface area contributed by atoms with Gasteiger partial charge in [-0.1, -0.05) is 30.6 Å². The molecule has 0 heterocycles. The summed E-state index contributed by atoms with van der Waals surface area (Å²) in [4.78, 5) is 0. The number of nitrogens with two attached hydrogens (primary N) is 1. The van der Waals surface area contributed by atoms with E-state index in [9.17, 15) is 0 Å². The molecule has 1 heteroatoms. The normalized spacial score (nSPS) is 15.7. The number of hydrogen-bond acceptors (Lipinski definition) is 1. The third kappa shape index (κ3) is 7.53. The van der Waals surface area contributed by atoms with E-state index < -0.39 is 0 Å². The fourth-order valence-corrected chi connectivity index (χ4v) is 2.55. The van der Waals surface area contributed by atoms with Crippen molar-refractivity contribution in [3.05, 3.63) is 22.3 Å². The predicted molar refractivity (Wildman–Crippen MR) is 96.1 cm³/mol. The van der Waals surface area contributed by atoms with E-state index in [-0.39, 0.29) is 5.54 Å². The average Bonchev–Trinajstić information content (AvgIpc) is 2.39. The molecule has 0 radical (unpaired) electrons. The summed E-state index contributed by atoms with van der Waals surface area (Å²) in [6, 6.07) is 0. The van der Waals surface area contributed by atoms with Gasteiger partial charge >= 0.3 is 0 Å². The van der Waals surface area contributed by atoms with Crippen LogP contribution in [0, 0.1) is 17.8 Å². The summed E-state index contributed by atoms with van der Waals surface area (Å²) < 4.78 is 0. The quantitative estimate of drug-likeness (QED) is 0.478. The van der Waals surface area contributed by atoms with Gasteiger partial charge in [-0.15, -0.1) is 11.8 Å². The van der Waals surface area contributed by atoms with Gasteiger partial charge in [0.25, 0.3) is 0 Å². The van der Waals surface area contributed by atoms with Crippen molar-refractivity contribution in [2.75, 3.05) is 0 Å². The van der Waals surface area contributed by atoms with Crippen LogP contribution in [0.1, 0.15) is 81.1 Å². The van der Waals surface area contributed by atoms with Crippen molar-refractivity contribution < 1.29 is 0 Å². The predicted octanol–water partition coefficient (Wildman–Crippen LogP) is 5.62. The van der Waals surface area contributed by atoms with Gasteiger partial charge in [-0.2, -0.15) is 0 Å². The average molecular weight is 290 g/mol. The number of hydrogen-bond donors (Lipinski definition) is 1. The van der Waals surface area contributed by atoms with Crippen molar-refractivity contribution in [2.24, 2.45) is 11.7 Å². The largest absolute Gasteiger partial charge is 0.322 e. The Hall–Kier alpha value is -1.00. The van der Waals surface area contributed by atoms with Crippen molar-refractivity contribution in [1.29, 1.82) is 0 Å². The molecule has 0 aliphatic heterocycles. The monoisotopic (exact) mass is 289 g/mol. The lowest BCUT2D eigenvalue weighted by Gasteiger charge is -2.27. The lowest BCUT2D eigenvalue weighted by molar-refractivity contribution is 0.572.